The highest BCUT2D eigenvalue weighted by molar-refractivity contribution is 5.99. The van der Waals surface area contributed by atoms with Crippen LogP contribution in [0.25, 0.3) is 0 Å². The molecule has 0 aromatic heterocycles. The van der Waals surface area contributed by atoms with Gasteiger partial charge in [0.25, 0.3) is 5.91 Å². The van der Waals surface area contributed by atoms with E-state index in [0.29, 0.717) is 17.2 Å². The summed E-state index contributed by atoms with van der Waals surface area (Å²) in [4.78, 5) is 28.9. The highest BCUT2D eigenvalue weighted by Gasteiger charge is 2.29. The topological polar surface area (TPSA) is 40.6 Å². The Labute approximate surface area is 160 Å². The minimum absolute atomic E-state index is 0.00580. The van der Waals surface area contributed by atoms with Gasteiger partial charge in [-0.3, -0.25) is 14.5 Å². The first-order valence-corrected chi connectivity index (χ1v) is 9.83. The molecule has 0 unspecified atom stereocenters. The zero-order chi connectivity index (χ0) is 18.8. The van der Waals surface area contributed by atoms with Gasteiger partial charge in [0.2, 0.25) is 0 Å². The summed E-state index contributed by atoms with van der Waals surface area (Å²) in [6, 6.07) is 16.4. The molecule has 0 saturated carbocycles. The molecule has 140 valence electrons. The normalized spacial score (nSPS) is 18.2. The molecule has 1 fully saturated rings. The molecule has 2 heterocycles. The van der Waals surface area contributed by atoms with Crippen molar-refractivity contribution in [2.75, 3.05) is 19.6 Å². The summed E-state index contributed by atoms with van der Waals surface area (Å²) < 4.78 is 0. The molecule has 4 heteroatoms. The molecule has 2 aromatic rings. The SMILES string of the molecule is CC(=O)c1cccc(C(=O)N2CCC(N3CCc4ccccc4C3)CC2)c1. The summed E-state index contributed by atoms with van der Waals surface area (Å²) >= 11 is 0. The van der Waals surface area contributed by atoms with E-state index in [1.165, 1.54) is 18.1 Å². The van der Waals surface area contributed by atoms with E-state index in [-0.39, 0.29) is 11.7 Å². The van der Waals surface area contributed by atoms with Crippen molar-refractivity contribution in [2.24, 2.45) is 0 Å². The highest BCUT2D eigenvalue weighted by Crippen LogP contribution is 2.25. The van der Waals surface area contributed by atoms with Crippen molar-refractivity contribution in [3.05, 3.63) is 70.8 Å². The summed E-state index contributed by atoms with van der Waals surface area (Å²) in [5.41, 5.74) is 4.14. The van der Waals surface area contributed by atoms with Gasteiger partial charge in [0.05, 0.1) is 0 Å². The summed E-state index contributed by atoms with van der Waals surface area (Å²) in [6.45, 7) is 5.23. The second kappa shape index (κ2) is 7.65. The summed E-state index contributed by atoms with van der Waals surface area (Å²) in [5, 5.41) is 0. The van der Waals surface area contributed by atoms with Crippen LogP contribution in [-0.2, 0) is 13.0 Å². The third-order valence-corrected chi connectivity index (χ3v) is 5.94. The number of rotatable bonds is 3. The van der Waals surface area contributed by atoms with E-state index in [9.17, 15) is 9.59 Å². The molecule has 2 aliphatic rings. The number of benzene rings is 2. The van der Waals surface area contributed by atoms with Crippen LogP contribution in [0.2, 0.25) is 0 Å². The lowest BCUT2D eigenvalue weighted by Gasteiger charge is -2.40. The summed E-state index contributed by atoms with van der Waals surface area (Å²) in [5.74, 6) is 0.0364. The molecule has 0 bridgehead atoms. The van der Waals surface area contributed by atoms with Crippen LogP contribution in [-0.4, -0.2) is 47.2 Å². The van der Waals surface area contributed by atoms with Crippen LogP contribution in [0.4, 0.5) is 0 Å². The molecule has 1 saturated heterocycles. The Hall–Kier alpha value is -2.46. The highest BCUT2D eigenvalue weighted by atomic mass is 16.2. The second-order valence-electron chi connectivity index (χ2n) is 7.65. The van der Waals surface area contributed by atoms with Crippen LogP contribution in [0.15, 0.2) is 48.5 Å². The van der Waals surface area contributed by atoms with E-state index in [4.69, 9.17) is 0 Å². The maximum atomic E-state index is 12.8. The molecule has 0 aliphatic carbocycles. The van der Waals surface area contributed by atoms with Gasteiger partial charge in [-0.25, -0.2) is 0 Å². The van der Waals surface area contributed by atoms with E-state index < -0.39 is 0 Å². The van der Waals surface area contributed by atoms with E-state index in [1.54, 1.807) is 18.2 Å². The maximum Gasteiger partial charge on any atom is 0.253 e. The van der Waals surface area contributed by atoms with Gasteiger partial charge in [-0.2, -0.15) is 0 Å². The number of hydrogen-bond donors (Lipinski definition) is 0. The van der Waals surface area contributed by atoms with E-state index in [0.717, 1.165) is 45.4 Å². The number of fused-ring (bicyclic) bond motifs is 1. The number of likely N-dealkylation sites (tertiary alicyclic amines) is 1. The fourth-order valence-electron chi connectivity index (χ4n) is 4.32. The Morgan fingerprint density at radius 1 is 0.889 bits per heavy atom. The molecule has 1 amide bonds. The first-order valence-electron chi connectivity index (χ1n) is 9.83. The Balaban J connectivity index is 1.37. The number of piperidine rings is 1. The third kappa shape index (κ3) is 3.81. The van der Waals surface area contributed by atoms with Crippen LogP contribution >= 0.6 is 0 Å². The Morgan fingerprint density at radius 2 is 1.59 bits per heavy atom. The van der Waals surface area contributed by atoms with Crippen molar-refractivity contribution in [1.29, 1.82) is 0 Å². The quantitative estimate of drug-likeness (QED) is 0.784. The van der Waals surface area contributed by atoms with Crippen molar-refractivity contribution >= 4 is 11.7 Å². The first-order chi connectivity index (χ1) is 13.1. The van der Waals surface area contributed by atoms with Gasteiger partial charge < -0.3 is 4.90 Å². The molecule has 4 rings (SSSR count). The van der Waals surface area contributed by atoms with Crippen molar-refractivity contribution in [3.8, 4) is 0 Å². The second-order valence-corrected chi connectivity index (χ2v) is 7.65. The minimum Gasteiger partial charge on any atom is -0.339 e. The smallest absolute Gasteiger partial charge is 0.253 e. The third-order valence-electron chi connectivity index (χ3n) is 5.94. The number of carbonyl (C=O) groups is 2. The zero-order valence-electron chi connectivity index (χ0n) is 15.9. The van der Waals surface area contributed by atoms with Crippen LogP contribution in [0.3, 0.4) is 0 Å². The van der Waals surface area contributed by atoms with Crippen molar-refractivity contribution in [1.82, 2.24) is 9.80 Å². The van der Waals surface area contributed by atoms with Gasteiger partial charge in [0, 0.05) is 43.3 Å². The lowest BCUT2D eigenvalue weighted by atomic mass is 9.95. The molecule has 4 nitrogen and oxygen atoms in total. The standard InChI is InChI=1S/C23H26N2O2/c1-17(26)19-7-4-8-20(15-19)23(27)24-13-10-22(11-14-24)25-12-9-18-5-2-3-6-21(18)16-25/h2-8,15,22H,9-14,16H2,1H3. The van der Waals surface area contributed by atoms with Gasteiger partial charge in [-0.1, -0.05) is 36.4 Å². The lowest BCUT2D eigenvalue weighted by molar-refractivity contribution is 0.0599. The maximum absolute atomic E-state index is 12.8. The fraction of sp³-hybridized carbons (Fsp3) is 0.391. The van der Waals surface area contributed by atoms with Gasteiger partial charge in [0.15, 0.2) is 5.78 Å². The molecule has 0 spiro atoms. The van der Waals surface area contributed by atoms with Crippen LogP contribution in [0, 0.1) is 0 Å². The molecule has 0 radical (unpaired) electrons. The molecular formula is C23H26N2O2. The zero-order valence-corrected chi connectivity index (χ0v) is 15.9. The van der Waals surface area contributed by atoms with Crippen molar-refractivity contribution < 1.29 is 9.59 Å². The number of hydrogen-bond acceptors (Lipinski definition) is 3. The minimum atomic E-state index is -0.00580. The largest absolute Gasteiger partial charge is 0.339 e. The number of Topliss-reactive ketones (excluding diaryl/α,β-unsaturated/α-hetero) is 1. The van der Waals surface area contributed by atoms with E-state index in [2.05, 4.69) is 29.2 Å². The van der Waals surface area contributed by atoms with Gasteiger partial charge in [-0.15, -0.1) is 0 Å². The van der Waals surface area contributed by atoms with Crippen molar-refractivity contribution in [3.63, 3.8) is 0 Å². The van der Waals surface area contributed by atoms with Gasteiger partial charge in [0.1, 0.15) is 0 Å². The number of amides is 1. The molecule has 2 aromatic carbocycles. The van der Waals surface area contributed by atoms with Crippen LogP contribution in [0.5, 0.6) is 0 Å². The predicted octanol–water partition coefficient (Wildman–Crippen LogP) is 3.55. The van der Waals surface area contributed by atoms with E-state index >= 15 is 0 Å². The summed E-state index contributed by atoms with van der Waals surface area (Å²) in [7, 11) is 0. The predicted molar refractivity (Wildman–Crippen MR) is 106 cm³/mol. The van der Waals surface area contributed by atoms with Gasteiger partial charge in [-0.05, 0) is 49.4 Å². The molecule has 2 aliphatic heterocycles. The van der Waals surface area contributed by atoms with E-state index in [1.807, 2.05) is 11.0 Å². The van der Waals surface area contributed by atoms with Crippen LogP contribution < -0.4 is 0 Å². The summed E-state index contributed by atoms with van der Waals surface area (Å²) in [6.07, 6.45) is 3.15. The molecule has 0 atom stereocenters. The average Bonchev–Trinajstić information content (AvgIpc) is 2.73. The average molecular weight is 362 g/mol. The first kappa shape index (κ1) is 17.9. The number of nitrogens with zero attached hydrogens (tertiary/aromatic N) is 2. The molecule has 27 heavy (non-hydrogen) atoms. The Morgan fingerprint density at radius 3 is 2.33 bits per heavy atom. The monoisotopic (exact) mass is 362 g/mol. The molecular weight excluding hydrogens is 336 g/mol. The fourth-order valence-corrected chi connectivity index (χ4v) is 4.32. The van der Waals surface area contributed by atoms with Gasteiger partial charge >= 0.3 is 0 Å². The number of ketones is 1. The lowest BCUT2D eigenvalue weighted by Crippen LogP contribution is -2.48. The number of carbonyl (C=O) groups excluding carboxylic acids is 2. The molecule has 0 N–H and O–H groups in total. The van der Waals surface area contributed by atoms with Crippen LogP contribution in [0.1, 0.15) is 51.6 Å². The Bertz CT molecular complexity index is 853. The Kier molecular flexibility index (Phi) is 5.08. The van der Waals surface area contributed by atoms with Crippen molar-refractivity contribution in [2.45, 2.75) is 38.8 Å².